The molecular weight excluding hydrogens is 494 g/mol. The highest BCUT2D eigenvalue weighted by Gasteiger charge is 2.10. The zero-order valence-corrected chi connectivity index (χ0v) is 19.7. The van der Waals surface area contributed by atoms with Crippen molar-refractivity contribution in [3.8, 4) is 11.5 Å². The molecule has 0 aromatic heterocycles. The lowest BCUT2D eigenvalue weighted by atomic mass is 10.1. The normalized spacial score (nSPS) is 10.3. The smallest absolute Gasteiger partial charge is 0.276 e. The molecule has 0 aliphatic carbocycles. The van der Waals surface area contributed by atoms with E-state index in [0.29, 0.717) is 11.5 Å². The minimum Gasteiger partial charge on any atom is -0.483 e. The summed E-state index contributed by atoms with van der Waals surface area (Å²) >= 11 is 8.44. The second kappa shape index (κ2) is 11.4. The second-order valence-electron chi connectivity index (χ2n) is 6.72. The second-order valence-corrected chi connectivity index (χ2v) is 7.99. The third-order valence-corrected chi connectivity index (χ3v) is 5.26. The third kappa shape index (κ3) is 6.66. The van der Waals surface area contributed by atoms with E-state index in [9.17, 15) is 9.59 Å². The van der Waals surface area contributed by atoms with E-state index in [1.54, 1.807) is 12.1 Å². The molecule has 2 amide bonds. The van der Waals surface area contributed by atoms with Crippen molar-refractivity contribution >= 4 is 55.8 Å². The van der Waals surface area contributed by atoms with Crippen LogP contribution in [-0.2, 0) is 16.0 Å². The molecule has 0 fully saturated rings. The molecule has 0 radical (unpaired) electrons. The van der Waals surface area contributed by atoms with Gasteiger partial charge in [-0.05, 0) is 63.7 Å². The van der Waals surface area contributed by atoms with Gasteiger partial charge in [0.2, 0.25) is 0 Å². The minimum atomic E-state index is -0.463. The number of hydrazine groups is 1. The predicted octanol–water partition coefficient (Wildman–Crippen LogP) is 3.64. The van der Waals surface area contributed by atoms with Gasteiger partial charge in [0.25, 0.3) is 11.8 Å². The fraction of sp³-hybridized carbons (Fsp3) is 0.174. The average Bonchev–Trinajstić information content (AvgIpc) is 2.80. The molecule has 0 aliphatic rings. The zero-order chi connectivity index (χ0) is 22.9. The van der Waals surface area contributed by atoms with E-state index in [1.807, 2.05) is 48.5 Å². The number of hydrogen-bond donors (Lipinski definition) is 3. The molecule has 3 N–H and O–H groups in total. The van der Waals surface area contributed by atoms with E-state index >= 15 is 0 Å². The summed E-state index contributed by atoms with van der Waals surface area (Å²) in [6.45, 7) is 1.60. The Balaban J connectivity index is 1.39. The van der Waals surface area contributed by atoms with Crippen LogP contribution in [0.5, 0.6) is 11.5 Å². The monoisotopic (exact) mass is 515 g/mol. The Labute approximate surface area is 199 Å². The molecule has 0 unspecified atom stereocenters. The minimum absolute atomic E-state index is 0.0579. The molecule has 0 atom stereocenters. The van der Waals surface area contributed by atoms with Crippen molar-refractivity contribution in [3.63, 3.8) is 0 Å². The molecule has 0 spiro atoms. The molecule has 3 rings (SSSR count). The highest BCUT2D eigenvalue weighted by Crippen LogP contribution is 2.26. The Bertz CT molecular complexity index is 1130. The van der Waals surface area contributed by atoms with Gasteiger partial charge in [0, 0.05) is 5.39 Å². The van der Waals surface area contributed by atoms with E-state index in [1.165, 1.54) is 0 Å². The van der Waals surface area contributed by atoms with E-state index in [2.05, 4.69) is 39.0 Å². The van der Waals surface area contributed by atoms with Gasteiger partial charge in [-0.3, -0.25) is 25.8 Å². The standard InChI is InChI=1S/C23H22BrN3O4S/c1-2-15-10-11-20(18(24)12-15)31-13-21(28)25-23(32)27-26-22(29)14-30-19-9-5-7-16-6-3-4-8-17(16)19/h3-12H,2,13-14H2,1H3,(H,26,29)(H2,25,27,28,32). The van der Waals surface area contributed by atoms with Crippen molar-refractivity contribution in [2.75, 3.05) is 13.2 Å². The van der Waals surface area contributed by atoms with Gasteiger partial charge < -0.3 is 9.47 Å². The van der Waals surface area contributed by atoms with Gasteiger partial charge in [-0.2, -0.15) is 0 Å². The van der Waals surface area contributed by atoms with Crippen LogP contribution in [0.15, 0.2) is 65.1 Å². The fourth-order valence-electron chi connectivity index (χ4n) is 2.85. The Morgan fingerprint density at radius 3 is 2.41 bits per heavy atom. The summed E-state index contributed by atoms with van der Waals surface area (Å²) in [4.78, 5) is 24.1. The number of thiocarbonyl (C=S) groups is 1. The molecule has 0 saturated carbocycles. The Kier molecular flexibility index (Phi) is 8.41. The van der Waals surface area contributed by atoms with Gasteiger partial charge >= 0.3 is 0 Å². The molecule has 3 aromatic rings. The molecule has 0 saturated heterocycles. The van der Waals surface area contributed by atoms with E-state index in [0.717, 1.165) is 27.2 Å². The van der Waals surface area contributed by atoms with Crippen molar-refractivity contribution in [2.45, 2.75) is 13.3 Å². The number of rotatable bonds is 7. The van der Waals surface area contributed by atoms with E-state index < -0.39 is 11.8 Å². The number of benzene rings is 3. The first-order valence-electron chi connectivity index (χ1n) is 9.86. The highest BCUT2D eigenvalue weighted by atomic mass is 79.9. The summed E-state index contributed by atoms with van der Waals surface area (Å²) in [5.74, 6) is 0.237. The number of amides is 2. The van der Waals surface area contributed by atoms with E-state index in [4.69, 9.17) is 21.7 Å². The molecule has 9 heteroatoms. The molecular formula is C23H22BrN3O4S. The lowest BCUT2D eigenvalue weighted by Gasteiger charge is -2.13. The Morgan fingerprint density at radius 1 is 0.906 bits per heavy atom. The van der Waals surface area contributed by atoms with Crippen LogP contribution in [0.25, 0.3) is 10.8 Å². The van der Waals surface area contributed by atoms with Crippen molar-refractivity contribution in [2.24, 2.45) is 0 Å². The molecule has 166 valence electrons. The van der Waals surface area contributed by atoms with Crippen LogP contribution in [0.3, 0.4) is 0 Å². The molecule has 7 nitrogen and oxygen atoms in total. The van der Waals surface area contributed by atoms with Crippen LogP contribution in [0.2, 0.25) is 0 Å². The van der Waals surface area contributed by atoms with Gasteiger partial charge in [-0.1, -0.05) is 49.4 Å². The maximum atomic E-state index is 12.0. The maximum absolute atomic E-state index is 12.0. The first-order chi connectivity index (χ1) is 15.5. The Hall–Kier alpha value is -3.17. The molecule has 0 heterocycles. The number of carbonyl (C=O) groups excluding carboxylic acids is 2. The molecule has 0 aliphatic heterocycles. The number of carbonyl (C=O) groups is 2. The van der Waals surface area contributed by atoms with Crippen LogP contribution in [0.4, 0.5) is 0 Å². The lowest BCUT2D eigenvalue weighted by Crippen LogP contribution is -2.50. The number of nitrogens with one attached hydrogen (secondary N) is 3. The zero-order valence-electron chi connectivity index (χ0n) is 17.3. The van der Waals surface area contributed by atoms with Gasteiger partial charge in [0.1, 0.15) is 11.5 Å². The van der Waals surface area contributed by atoms with Crippen molar-refractivity contribution in [3.05, 3.63) is 70.7 Å². The quantitative estimate of drug-likeness (QED) is 0.328. The first kappa shape index (κ1) is 23.5. The fourth-order valence-corrected chi connectivity index (χ4v) is 3.55. The summed E-state index contributed by atoms with van der Waals surface area (Å²) in [5.41, 5.74) is 6.00. The summed E-state index contributed by atoms with van der Waals surface area (Å²) in [5, 5.41) is 4.30. The summed E-state index contributed by atoms with van der Waals surface area (Å²) in [6.07, 6.45) is 0.901. The van der Waals surface area contributed by atoms with Crippen molar-refractivity contribution in [1.82, 2.24) is 16.2 Å². The molecule has 0 bridgehead atoms. The van der Waals surface area contributed by atoms with Crippen LogP contribution in [0, 0.1) is 0 Å². The van der Waals surface area contributed by atoms with Gasteiger partial charge in [-0.15, -0.1) is 0 Å². The summed E-state index contributed by atoms with van der Waals surface area (Å²) in [7, 11) is 0. The molecule has 3 aromatic carbocycles. The van der Waals surface area contributed by atoms with Crippen LogP contribution < -0.4 is 25.6 Å². The van der Waals surface area contributed by atoms with Crippen molar-refractivity contribution < 1.29 is 19.1 Å². The van der Waals surface area contributed by atoms with Crippen LogP contribution >= 0.6 is 28.1 Å². The summed E-state index contributed by atoms with van der Waals surface area (Å²) < 4.78 is 11.9. The lowest BCUT2D eigenvalue weighted by molar-refractivity contribution is -0.124. The maximum Gasteiger partial charge on any atom is 0.276 e. The summed E-state index contributed by atoms with van der Waals surface area (Å²) in [6, 6.07) is 19.0. The number of hydrogen-bond acceptors (Lipinski definition) is 5. The number of fused-ring (bicyclic) bond motifs is 1. The first-order valence-corrected chi connectivity index (χ1v) is 11.1. The van der Waals surface area contributed by atoms with Gasteiger partial charge in [0.15, 0.2) is 18.3 Å². The number of aryl methyl sites for hydroxylation is 1. The van der Waals surface area contributed by atoms with Gasteiger partial charge in [0.05, 0.1) is 4.47 Å². The number of ether oxygens (including phenoxy) is 2. The highest BCUT2D eigenvalue weighted by molar-refractivity contribution is 9.10. The SMILES string of the molecule is CCc1ccc(OCC(=O)NC(=S)NNC(=O)COc2cccc3ccccc23)c(Br)c1. The third-order valence-electron chi connectivity index (χ3n) is 4.44. The van der Waals surface area contributed by atoms with Gasteiger partial charge in [-0.25, -0.2) is 0 Å². The predicted molar refractivity (Wildman–Crippen MR) is 130 cm³/mol. The van der Waals surface area contributed by atoms with Crippen LogP contribution in [-0.4, -0.2) is 30.1 Å². The van der Waals surface area contributed by atoms with E-state index in [-0.39, 0.29) is 18.3 Å². The molecule has 32 heavy (non-hydrogen) atoms. The Morgan fingerprint density at radius 2 is 1.62 bits per heavy atom. The topological polar surface area (TPSA) is 88.7 Å². The average molecular weight is 516 g/mol. The number of halogens is 1. The van der Waals surface area contributed by atoms with Crippen molar-refractivity contribution in [1.29, 1.82) is 0 Å². The largest absolute Gasteiger partial charge is 0.483 e. The van der Waals surface area contributed by atoms with Crippen LogP contribution in [0.1, 0.15) is 12.5 Å².